The van der Waals surface area contributed by atoms with Crippen molar-refractivity contribution < 1.29 is 57.1 Å². The topological polar surface area (TPSA) is 162 Å². The summed E-state index contributed by atoms with van der Waals surface area (Å²) < 4.78 is 38.8. The van der Waals surface area contributed by atoms with Gasteiger partial charge in [0.1, 0.15) is 24.9 Å². The molecule has 2 rings (SSSR count). The zero-order chi connectivity index (χ0) is 29.2. The lowest BCUT2D eigenvalue weighted by Gasteiger charge is -2.48. The Kier molecular flexibility index (Phi) is 11.8. The Morgan fingerprint density at radius 1 is 1.00 bits per heavy atom. The number of benzene rings is 1. The van der Waals surface area contributed by atoms with Crippen molar-refractivity contribution in [3.8, 4) is 0 Å². The number of amides is 1. The Morgan fingerprint density at radius 2 is 1.67 bits per heavy atom. The van der Waals surface area contributed by atoms with Gasteiger partial charge in [0, 0.05) is 34.8 Å². The number of rotatable bonds is 12. The summed E-state index contributed by atoms with van der Waals surface area (Å²) in [5.74, 6) is -5.77. The van der Waals surface area contributed by atoms with Crippen molar-refractivity contribution in [3.63, 3.8) is 0 Å². The third-order valence-corrected chi connectivity index (χ3v) is 5.80. The summed E-state index contributed by atoms with van der Waals surface area (Å²) in [6.45, 7) is 4.21. The number of carbonyl (C=O) groups is 5. The molecule has 6 atom stereocenters. The van der Waals surface area contributed by atoms with Crippen LogP contribution in [0.3, 0.4) is 0 Å². The molecule has 1 heterocycles. The summed E-state index contributed by atoms with van der Waals surface area (Å²) in [5.41, 5.74) is 0.690. The van der Waals surface area contributed by atoms with Gasteiger partial charge in [-0.1, -0.05) is 30.3 Å². The molecule has 13 heteroatoms. The molecule has 0 saturated carbocycles. The molecule has 1 fully saturated rings. The molecule has 1 amide bonds. The normalized spacial score (nSPS) is 24.0. The molecular weight excluding hydrogens is 518 g/mol. The minimum atomic E-state index is -2.16. The van der Waals surface area contributed by atoms with Crippen LogP contribution in [0.15, 0.2) is 30.3 Å². The molecule has 0 unspecified atom stereocenters. The second-order valence-corrected chi connectivity index (χ2v) is 8.83. The van der Waals surface area contributed by atoms with E-state index >= 15 is 0 Å². The van der Waals surface area contributed by atoms with E-state index in [2.05, 4.69) is 5.32 Å². The number of ether oxygens (including phenoxy) is 7. The van der Waals surface area contributed by atoms with Gasteiger partial charge in [-0.3, -0.25) is 19.2 Å². The molecule has 13 nitrogen and oxygen atoms in total. The third kappa shape index (κ3) is 9.01. The van der Waals surface area contributed by atoms with Gasteiger partial charge in [-0.15, -0.1) is 0 Å². The molecule has 0 aliphatic carbocycles. The first-order valence-corrected chi connectivity index (χ1v) is 12.1. The van der Waals surface area contributed by atoms with Crippen molar-refractivity contribution in [2.75, 3.05) is 20.8 Å². The van der Waals surface area contributed by atoms with E-state index < -0.39 is 66.0 Å². The Morgan fingerprint density at radius 3 is 2.18 bits per heavy atom. The fourth-order valence-corrected chi connectivity index (χ4v) is 4.21. The van der Waals surface area contributed by atoms with Crippen LogP contribution in [0.2, 0.25) is 0 Å². The highest BCUT2D eigenvalue weighted by Gasteiger charge is 2.59. The van der Waals surface area contributed by atoms with Crippen molar-refractivity contribution >= 4 is 29.8 Å². The summed E-state index contributed by atoms with van der Waals surface area (Å²) >= 11 is 0. The maximum Gasteiger partial charge on any atom is 0.366 e. The van der Waals surface area contributed by atoms with Crippen LogP contribution < -0.4 is 5.32 Å². The first kappa shape index (κ1) is 31.7. The molecule has 0 spiro atoms. The van der Waals surface area contributed by atoms with Gasteiger partial charge >= 0.3 is 23.9 Å². The molecule has 0 bridgehead atoms. The Bertz CT molecular complexity index is 1020. The van der Waals surface area contributed by atoms with Gasteiger partial charge < -0.3 is 38.5 Å². The van der Waals surface area contributed by atoms with Crippen LogP contribution in [0.25, 0.3) is 0 Å². The van der Waals surface area contributed by atoms with Crippen LogP contribution in [0.5, 0.6) is 0 Å². The van der Waals surface area contributed by atoms with Crippen LogP contribution in [0.4, 0.5) is 0 Å². The average Bonchev–Trinajstić information content (AvgIpc) is 2.87. The summed E-state index contributed by atoms with van der Waals surface area (Å²) in [6.07, 6.45) is -5.50. The van der Waals surface area contributed by atoms with E-state index in [-0.39, 0.29) is 19.6 Å². The maximum absolute atomic E-state index is 13.2. The maximum atomic E-state index is 13.2. The van der Waals surface area contributed by atoms with Crippen molar-refractivity contribution in [2.24, 2.45) is 0 Å². The zero-order valence-corrected chi connectivity index (χ0v) is 22.8. The van der Waals surface area contributed by atoms with Crippen molar-refractivity contribution in [1.82, 2.24) is 5.32 Å². The fraction of sp³-hybridized carbons (Fsp3) is 0.577. The van der Waals surface area contributed by atoms with Gasteiger partial charge in [0.2, 0.25) is 5.91 Å². The lowest BCUT2D eigenvalue weighted by molar-refractivity contribution is -0.318. The number of carbonyl (C=O) groups excluding carboxylic acids is 5. The Balaban J connectivity index is 2.65. The number of hydrogen-bond acceptors (Lipinski definition) is 12. The van der Waals surface area contributed by atoms with Gasteiger partial charge in [0.15, 0.2) is 6.10 Å². The van der Waals surface area contributed by atoms with Crippen LogP contribution in [-0.4, -0.2) is 86.9 Å². The van der Waals surface area contributed by atoms with Crippen LogP contribution in [-0.2, 0) is 63.7 Å². The van der Waals surface area contributed by atoms with Gasteiger partial charge in [0.05, 0.1) is 26.2 Å². The fourth-order valence-electron chi connectivity index (χ4n) is 4.21. The number of nitrogens with one attached hydrogen (secondary N) is 1. The highest BCUT2D eigenvalue weighted by molar-refractivity contribution is 5.79. The van der Waals surface area contributed by atoms with Crippen LogP contribution in [0, 0.1) is 0 Å². The van der Waals surface area contributed by atoms with Gasteiger partial charge in [-0.05, 0) is 5.56 Å². The molecule has 1 aliphatic rings. The lowest BCUT2D eigenvalue weighted by Crippen LogP contribution is -2.69. The highest BCUT2D eigenvalue weighted by Crippen LogP contribution is 2.37. The van der Waals surface area contributed by atoms with Crippen molar-refractivity contribution in [2.45, 2.75) is 77.0 Å². The molecule has 1 N–H and O–H groups in total. The van der Waals surface area contributed by atoms with Gasteiger partial charge in [-0.25, -0.2) is 4.79 Å². The summed E-state index contributed by atoms with van der Waals surface area (Å²) in [5, 5.41) is 2.65. The van der Waals surface area contributed by atoms with E-state index in [9.17, 15) is 24.0 Å². The van der Waals surface area contributed by atoms with E-state index in [0.29, 0.717) is 5.56 Å². The van der Waals surface area contributed by atoms with E-state index in [0.717, 1.165) is 21.0 Å². The first-order chi connectivity index (χ1) is 18.4. The van der Waals surface area contributed by atoms with E-state index in [1.54, 1.807) is 30.3 Å². The van der Waals surface area contributed by atoms with Crippen LogP contribution in [0.1, 0.15) is 39.7 Å². The second kappa shape index (κ2) is 14.6. The molecule has 1 aromatic rings. The second-order valence-electron chi connectivity index (χ2n) is 8.83. The Hall–Kier alpha value is -3.55. The molecule has 1 aliphatic heterocycles. The molecule has 39 heavy (non-hydrogen) atoms. The minimum absolute atomic E-state index is 0.111. The SMILES string of the molecule is COC(=O)[C@@]1(OCc2ccccc2)C[C@H](OC(C)=O)[C@@H](NC(C)=O)[C@H]([C@H](OC(C)=O)[C@@H](COC(C)=O)OC)O1. The minimum Gasteiger partial charge on any atom is -0.465 e. The standard InChI is InChI=1S/C26H35NO12/c1-15(28)27-22-20(37-17(3)30)12-26(25(32)34-6,36-13-19-10-8-7-9-11-19)39-24(22)23(38-18(4)31)21(33-5)14-35-16(2)29/h7-11,20-24H,12-14H2,1-6H3,(H,27,28)/t20-,21+,22+,23+,24+,26+/m0/s1. The number of methoxy groups -OCH3 is 2. The van der Waals surface area contributed by atoms with Crippen LogP contribution >= 0.6 is 0 Å². The first-order valence-electron chi connectivity index (χ1n) is 12.1. The number of esters is 4. The van der Waals surface area contributed by atoms with E-state index in [1.165, 1.54) is 21.0 Å². The smallest absolute Gasteiger partial charge is 0.366 e. The zero-order valence-electron chi connectivity index (χ0n) is 22.8. The lowest BCUT2D eigenvalue weighted by atomic mass is 9.88. The quantitative estimate of drug-likeness (QED) is 0.287. The molecule has 1 aromatic carbocycles. The van der Waals surface area contributed by atoms with E-state index in [4.69, 9.17) is 33.2 Å². The monoisotopic (exact) mass is 553 g/mol. The number of hydrogen-bond donors (Lipinski definition) is 1. The van der Waals surface area contributed by atoms with Crippen molar-refractivity contribution in [3.05, 3.63) is 35.9 Å². The van der Waals surface area contributed by atoms with E-state index in [1.807, 2.05) is 0 Å². The predicted octanol–water partition coefficient (Wildman–Crippen LogP) is 0.808. The summed E-state index contributed by atoms with van der Waals surface area (Å²) in [7, 11) is 2.40. The molecule has 1 saturated heterocycles. The van der Waals surface area contributed by atoms with Gasteiger partial charge in [0.25, 0.3) is 5.79 Å². The molecule has 0 radical (unpaired) electrons. The summed E-state index contributed by atoms with van der Waals surface area (Å²) in [6, 6.07) is 7.73. The summed E-state index contributed by atoms with van der Waals surface area (Å²) in [4.78, 5) is 61.2. The Labute approximate surface area is 226 Å². The molecule has 216 valence electrons. The third-order valence-electron chi connectivity index (χ3n) is 5.80. The largest absolute Gasteiger partial charge is 0.465 e. The average molecular weight is 554 g/mol. The molecule has 0 aromatic heterocycles. The predicted molar refractivity (Wildman–Crippen MR) is 132 cm³/mol. The highest BCUT2D eigenvalue weighted by atomic mass is 16.7. The van der Waals surface area contributed by atoms with Crippen molar-refractivity contribution in [1.29, 1.82) is 0 Å². The van der Waals surface area contributed by atoms with Gasteiger partial charge in [-0.2, -0.15) is 0 Å². The molecular formula is C26H35NO12.